The Morgan fingerprint density at radius 2 is 1.62 bits per heavy atom. The maximum atomic E-state index is 14.1. The summed E-state index contributed by atoms with van der Waals surface area (Å²) in [4.78, 5) is 48.4. The summed E-state index contributed by atoms with van der Waals surface area (Å²) >= 11 is 0. The van der Waals surface area contributed by atoms with Crippen LogP contribution in [-0.4, -0.2) is 192 Å². The van der Waals surface area contributed by atoms with Crippen LogP contribution in [0.5, 0.6) is 0 Å². The molecule has 0 amide bonds. The fourth-order valence-corrected chi connectivity index (χ4v) is 9.26. The van der Waals surface area contributed by atoms with Gasteiger partial charge in [0.25, 0.3) is 0 Å². The second-order valence-electron chi connectivity index (χ2n) is 18.7. The van der Waals surface area contributed by atoms with Gasteiger partial charge in [0.1, 0.15) is 36.5 Å². The number of aliphatic hydroxyl groups is 3. The lowest BCUT2D eigenvalue weighted by Crippen LogP contribution is -2.63. The number of allylic oxidation sites excluding steroid dienone is 3. The minimum Gasteiger partial charge on any atom is -0.465 e. The summed E-state index contributed by atoms with van der Waals surface area (Å²) in [5, 5.41) is 37.8. The number of aliphatic hydroxyl groups excluding tert-OH is 3. The van der Waals surface area contributed by atoms with Gasteiger partial charge >= 0.3 is 5.97 Å². The normalized spacial score (nSPS) is 37.7. The summed E-state index contributed by atoms with van der Waals surface area (Å²) in [6, 6.07) is 1.00. The van der Waals surface area contributed by atoms with Gasteiger partial charge in [-0.05, 0) is 65.8 Å². The number of fused-ring (bicyclic) bond motifs is 3. The van der Waals surface area contributed by atoms with Crippen LogP contribution in [-0.2, 0) is 63.7 Å². The van der Waals surface area contributed by atoms with Gasteiger partial charge in [0.2, 0.25) is 5.95 Å². The Labute approximate surface area is 404 Å². The van der Waals surface area contributed by atoms with E-state index in [1.165, 1.54) is 20.3 Å². The van der Waals surface area contributed by atoms with Crippen molar-refractivity contribution in [2.75, 3.05) is 61.3 Å². The molecule has 2 bridgehead atoms. The lowest BCUT2D eigenvalue weighted by atomic mass is 9.79. The maximum Gasteiger partial charge on any atom is 0.308 e. The van der Waals surface area contributed by atoms with Crippen LogP contribution in [0, 0.1) is 23.7 Å². The standard InChI is InChI=1S/C48H72N6O15/c1-27-11-12-36(55)28(2)18-33-13-16-62-23-35(52-66-25-34-20-54(26-51-34)48-49-14-10-15-50-48)24-63-37(29(3)43(33)69-46-42(59)39(53(6)7)40(57)30(4)67-46)19-38(56)64-21-32(17-27)22-65-47-45(61-9)44(60-8)41(58)31(5)68-47/h10-12,14-15,17,20,26,28-33,37,39-47,57-59H,13,16,18-19,21-25H2,1-9H3/b12-11+,27-17+,52-35+/t28-,29+,30-,31-,32+,33?,37-,39+,40-,41-,42-,43-,44-,45-,46+,47-/m1/s1. The van der Waals surface area contributed by atoms with Gasteiger partial charge in [-0.2, -0.15) is 0 Å². The van der Waals surface area contributed by atoms with Gasteiger partial charge in [-0.3, -0.25) is 14.2 Å². The lowest BCUT2D eigenvalue weighted by molar-refractivity contribution is -0.305. The first-order chi connectivity index (χ1) is 33.1. The van der Waals surface area contributed by atoms with Crippen molar-refractivity contribution >= 4 is 17.5 Å². The second-order valence-corrected chi connectivity index (χ2v) is 18.7. The Bertz CT molecular complexity index is 2020. The largest absolute Gasteiger partial charge is 0.465 e. The van der Waals surface area contributed by atoms with Gasteiger partial charge in [0.15, 0.2) is 25.0 Å². The zero-order valence-corrected chi connectivity index (χ0v) is 41.1. The van der Waals surface area contributed by atoms with Gasteiger partial charge in [0, 0.05) is 57.2 Å². The van der Waals surface area contributed by atoms with Gasteiger partial charge in [0.05, 0.1) is 75.1 Å². The van der Waals surface area contributed by atoms with E-state index in [0.29, 0.717) is 30.2 Å². The smallest absolute Gasteiger partial charge is 0.308 e. The minimum absolute atomic E-state index is 0.0182. The van der Waals surface area contributed by atoms with Crippen LogP contribution in [0.1, 0.15) is 59.6 Å². The molecule has 3 fully saturated rings. The van der Waals surface area contributed by atoms with Crippen molar-refractivity contribution in [2.24, 2.45) is 28.8 Å². The van der Waals surface area contributed by atoms with Crippen molar-refractivity contribution in [1.29, 1.82) is 0 Å². The monoisotopic (exact) mass is 973 g/mol. The van der Waals surface area contributed by atoms with Gasteiger partial charge < -0.3 is 67.7 Å². The average molecular weight is 973 g/mol. The van der Waals surface area contributed by atoms with Gasteiger partial charge in [-0.1, -0.05) is 36.7 Å². The van der Waals surface area contributed by atoms with Gasteiger partial charge in [-0.25, -0.2) is 15.0 Å². The third-order valence-corrected chi connectivity index (χ3v) is 13.2. The van der Waals surface area contributed by atoms with Crippen LogP contribution >= 0.6 is 0 Å². The number of esters is 1. The summed E-state index contributed by atoms with van der Waals surface area (Å²) in [7, 11) is 6.48. The van der Waals surface area contributed by atoms with Crippen molar-refractivity contribution in [3.63, 3.8) is 0 Å². The van der Waals surface area contributed by atoms with Crippen LogP contribution in [0.4, 0.5) is 0 Å². The molecule has 21 nitrogen and oxygen atoms in total. The maximum absolute atomic E-state index is 14.1. The molecule has 0 spiro atoms. The molecule has 69 heavy (non-hydrogen) atoms. The molecule has 2 aromatic heterocycles. The molecule has 3 saturated heterocycles. The zero-order valence-electron chi connectivity index (χ0n) is 41.1. The molecule has 0 aromatic carbocycles. The number of hydrogen-bond donors (Lipinski definition) is 3. The number of ether oxygens (including phenoxy) is 9. The molecule has 0 aliphatic carbocycles. The first kappa shape index (κ1) is 54.2. The van der Waals surface area contributed by atoms with Crippen LogP contribution in [0.25, 0.3) is 5.95 Å². The number of ketones is 1. The van der Waals surface area contributed by atoms with E-state index in [9.17, 15) is 24.9 Å². The van der Waals surface area contributed by atoms with E-state index in [-0.39, 0.29) is 57.8 Å². The quantitative estimate of drug-likeness (QED) is 0.204. The van der Waals surface area contributed by atoms with Crippen molar-refractivity contribution in [3.8, 4) is 5.95 Å². The van der Waals surface area contributed by atoms with E-state index < -0.39 is 97.3 Å². The molecule has 4 aliphatic heterocycles. The number of aromatic nitrogens is 4. The number of carbonyl (C=O) groups excluding carboxylic acids is 2. The highest BCUT2D eigenvalue weighted by Gasteiger charge is 2.48. The van der Waals surface area contributed by atoms with Crippen molar-refractivity contribution in [2.45, 2.75) is 134 Å². The number of imidazole rings is 1. The van der Waals surface area contributed by atoms with Crippen LogP contribution in [0.2, 0.25) is 0 Å². The Balaban J connectivity index is 1.28. The Hall–Kier alpha value is -4.10. The molecule has 1 unspecified atom stereocenters. The fourth-order valence-electron chi connectivity index (χ4n) is 9.26. The van der Waals surface area contributed by atoms with E-state index in [1.54, 1.807) is 74.5 Å². The summed E-state index contributed by atoms with van der Waals surface area (Å²) in [6.45, 7) is 9.12. The topological polar surface area (TPSA) is 246 Å². The molecule has 3 N–H and O–H groups in total. The first-order valence-electron chi connectivity index (χ1n) is 23.7. The number of likely N-dealkylation sites (N-methyl/N-ethyl adjacent to an activating group) is 1. The molecule has 16 atom stereocenters. The van der Waals surface area contributed by atoms with E-state index in [4.69, 9.17) is 47.5 Å². The van der Waals surface area contributed by atoms with E-state index in [1.807, 2.05) is 26.8 Å². The summed E-state index contributed by atoms with van der Waals surface area (Å²) in [6.07, 6.45) is 2.49. The predicted octanol–water partition coefficient (Wildman–Crippen LogP) is 2.19. The highest BCUT2D eigenvalue weighted by atomic mass is 16.7. The highest BCUT2D eigenvalue weighted by molar-refractivity contribution is 5.91. The lowest BCUT2D eigenvalue weighted by Gasteiger charge is -2.47. The summed E-state index contributed by atoms with van der Waals surface area (Å²) in [5.41, 5.74) is 1.70. The molecule has 4 aliphatic rings. The molecule has 0 radical (unpaired) electrons. The molecular formula is C48H72N6O15. The van der Waals surface area contributed by atoms with Gasteiger partial charge in [-0.15, -0.1) is 0 Å². The zero-order chi connectivity index (χ0) is 49.8. The molecule has 21 heteroatoms. The fraction of sp³-hybridized carbons (Fsp3) is 0.708. The molecule has 2 aromatic rings. The van der Waals surface area contributed by atoms with Crippen LogP contribution in [0.15, 0.2) is 59.9 Å². The Morgan fingerprint density at radius 1 is 0.899 bits per heavy atom. The molecule has 6 heterocycles. The van der Waals surface area contributed by atoms with Crippen LogP contribution < -0.4 is 0 Å². The number of nitrogens with zero attached hydrogens (tertiary/aromatic N) is 6. The number of cyclic esters (lactones) is 1. The number of hydrogen-bond acceptors (Lipinski definition) is 20. The minimum atomic E-state index is -1.26. The van der Waals surface area contributed by atoms with Crippen LogP contribution in [0.3, 0.4) is 0 Å². The number of methoxy groups -OCH3 is 2. The average Bonchev–Trinajstić information content (AvgIpc) is 3.80. The first-order valence-corrected chi connectivity index (χ1v) is 23.7. The molecule has 384 valence electrons. The van der Waals surface area contributed by atoms with E-state index in [2.05, 4.69) is 20.1 Å². The highest BCUT2D eigenvalue weighted by Crippen LogP contribution is 2.36. The third kappa shape index (κ3) is 14.5. The number of rotatable bonds is 12. The predicted molar refractivity (Wildman–Crippen MR) is 247 cm³/mol. The van der Waals surface area contributed by atoms with Crippen molar-refractivity contribution < 1.29 is 72.4 Å². The SMILES string of the molecule is CO[C@@H]1[C@H](O)[C@@H](C)O[C@@H](OC[C@H]2/C=C(C)/C=C/C(=O)[C@H](C)CC3CCOC/C(=N\OCc4cn(-c5ncccn5)cn4)CO[C@H](CC(=O)OC2)[C@H](C)[C@H]3O[C@@H]2O[C@H](C)[C@@H](O)[C@H](N(C)C)[C@H]2O)[C@@H]1OC. The van der Waals surface area contributed by atoms with Crippen molar-refractivity contribution in [3.05, 3.63) is 60.5 Å². The molecular weight excluding hydrogens is 901 g/mol. The van der Waals surface area contributed by atoms with Crippen molar-refractivity contribution in [1.82, 2.24) is 24.4 Å². The Kier molecular flexibility index (Phi) is 20.3. The second kappa shape index (κ2) is 25.8. The van der Waals surface area contributed by atoms with E-state index in [0.717, 1.165) is 5.57 Å². The third-order valence-electron chi connectivity index (χ3n) is 13.2. The summed E-state index contributed by atoms with van der Waals surface area (Å²) < 4.78 is 57.0. The Morgan fingerprint density at radius 3 is 2.35 bits per heavy atom. The van der Waals surface area contributed by atoms with E-state index >= 15 is 0 Å². The number of oxime groups is 1. The molecule has 0 saturated carbocycles. The molecule has 6 rings (SSSR count). The summed E-state index contributed by atoms with van der Waals surface area (Å²) in [5.74, 6) is -2.21. The number of carbonyl (C=O) groups is 2.